The van der Waals surface area contributed by atoms with E-state index in [0.29, 0.717) is 5.92 Å². The van der Waals surface area contributed by atoms with Gasteiger partial charge in [-0.15, -0.1) is 0 Å². The third-order valence-corrected chi connectivity index (χ3v) is 4.88. The van der Waals surface area contributed by atoms with Crippen molar-refractivity contribution in [3.05, 3.63) is 41.6 Å². The Kier molecular flexibility index (Phi) is 5.09. The molecule has 0 aliphatic carbocycles. The first kappa shape index (κ1) is 16.8. The van der Waals surface area contributed by atoms with Crippen LogP contribution in [-0.2, 0) is 13.6 Å². The molecule has 0 spiro atoms. The standard InChI is InChI=1S/C19H29N5/c1-15-18(19(22(2)3)23(4)21-15)13-20-12-16-10-11-24(14-16)17-8-6-5-7-9-17/h5-9,16,20H,10-14H2,1-4H3/t16-/m0/s1. The van der Waals surface area contributed by atoms with E-state index in [4.69, 9.17) is 0 Å². The van der Waals surface area contributed by atoms with Crippen molar-refractivity contribution in [2.75, 3.05) is 43.5 Å². The lowest BCUT2D eigenvalue weighted by Crippen LogP contribution is -2.27. The highest BCUT2D eigenvalue weighted by atomic mass is 15.4. The Morgan fingerprint density at radius 1 is 1.25 bits per heavy atom. The summed E-state index contributed by atoms with van der Waals surface area (Å²) in [5.74, 6) is 1.90. The molecule has 1 saturated heterocycles. The van der Waals surface area contributed by atoms with Crippen molar-refractivity contribution in [2.24, 2.45) is 13.0 Å². The van der Waals surface area contributed by atoms with E-state index in [1.807, 2.05) is 11.7 Å². The van der Waals surface area contributed by atoms with Crippen LogP contribution in [-0.4, -0.2) is 43.5 Å². The van der Waals surface area contributed by atoms with Gasteiger partial charge in [0.2, 0.25) is 0 Å². The van der Waals surface area contributed by atoms with Crippen molar-refractivity contribution in [2.45, 2.75) is 19.9 Å². The molecule has 2 aromatic rings. The van der Waals surface area contributed by atoms with Crippen molar-refractivity contribution in [3.8, 4) is 0 Å². The van der Waals surface area contributed by atoms with Crippen molar-refractivity contribution >= 4 is 11.5 Å². The molecule has 3 rings (SSSR count). The largest absolute Gasteiger partial charge is 0.371 e. The fourth-order valence-electron chi connectivity index (χ4n) is 3.73. The van der Waals surface area contributed by atoms with Crippen LogP contribution in [0.4, 0.5) is 11.5 Å². The third-order valence-electron chi connectivity index (χ3n) is 4.88. The molecule has 1 N–H and O–H groups in total. The lowest BCUT2D eigenvalue weighted by Gasteiger charge is -2.19. The minimum absolute atomic E-state index is 0.713. The summed E-state index contributed by atoms with van der Waals surface area (Å²) in [5, 5.41) is 8.22. The maximum atomic E-state index is 4.56. The van der Waals surface area contributed by atoms with E-state index < -0.39 is 0 Å². The molecule has 1 aliphatic rings. The van der Waals surface area contributed by atoms with Crippen molar-refractivity contribution < 1.29 is 0 Å². The highest BCUT2D eigenvalue weighted by molar-refractivity contribution is 5.49. The van der Waals surface area contributed by atoms with Gasteiger partial charge in [0.1, 0.15) is 5.82 Å². The molecule has 1 atom stereocenters. The van der Waals surface area contributed by atoms with E-state index in [1.165, 1.54) is 23.5 Å². The number of hydrogen-bond acceptors (Lipinski definition) is 4. The Morgan fingerprint density at radius 3 is 2.71 bits per heavy atom. The molecule has 2 heterocycles. The van der Waals surface area contributed by atoms with E-state index in [2.05, 4.69) is 71.6 Å². The first-order chi connectivity index (χ1) is 11.6. The predicted molar refractivity (Wildman–Crippen MR) is 101 cm³/mol. The molecule has 24 heavy (non-hydrogen) atoms. The van der Waals surface area contributed by atoms with Gasteiger partial charge in [-0.05, 0) is 31.4 Å². The van der Waals surface area contributed by atoms with E-state index in [-0.39, 0.29) is 0 Å². The van der Waals surface area contributed by atoms with Crippen LogP contribution in [0, 0.1) is 12.8 Å². The second-order valence-electron chi connectivity index (χ2n) is 6.97. The molecule has 0 bridgehead atoms. The first-order valence-corrected chi connectivity index (χ1v) is 8.76. The van der Waals surface area contributed by atoms with Crippen molar-refractivity contribution in [1.29, 1.82) is 0 Å². The topological polar surface area (TPSA) is 36.3 Å². The number of aryl methyl sites for hydroxylation is 2. The van der Waals surface area contributed by atoms with Gasteiger partial charge < -0.3 is 15.1 Å². The van der Waals surface area contributed by atoms with Gasteiger partial charge in [0.05, 0.1) is 5.69 Å². The van der Waals surface area contributed by atoms with Crippen LogP contribution in [0.2, 0.25) is 0 Å². The smallest absolute Gasteiger partial charge is 0.130 e. The number of anilines is 2. The van der Waals surface area contributed by atoms with Crippen LogP contribution in [0.5, 0.6) is 0 Å². The van der Waals surface area contributed by atoms with Gasteiger partial charge in [-0.25, -0.2) is 0 Å². The number of aromatic nitrogens is 2. The molecule has 5 heteroatoms. The van der Waals surface area contributed by atoms with E-state index in [0.717, 1.165) is 31.9 Å². The zero-order valence-corrected chi connectivity index (χ0v) is 15.3. The lowest BCUT2D eigenvalue weighted by atomic mass is 10.1. The summed E-state index contributed by atoms with van der Waals surface area (Å²) in [6.07, 6.45) is 1.26. The van der Waals surface area contributed by atoms with Gasteiger partial charge in [0, 0.05) is 58.6 Å². The molecule has 1 aromatic carbocycles. The molecular weight excluding hydrogens is 298 g/mol. The number of benzene rings is 1. The summed E-state index contributed by atoms with van der Waals surface area (Å²) < 4.78 is 1.97. The number of nitrogens with zero attached hydrogens (tertiary/aromatic N) is 4. The molecule has 5 nitrogen and oxygen atoms in total. The molecule has 1 aromatic heterocycles. The van der Waals surface area contributed by atoms with Gasteiger partial charge in [0.15, 0.2) is 0 Å². The second kappa shape index (κ2) is 7.26. The quantitative estimate of drug-likeness (QED) is 0.884. The minimum atomic E-state index is 0.713. The predicted octanol–water partition coefficient (Wildman–Crippen LogP) is 2.41. The number of hydrogen-bond donors (Lipinski definition) is 1. The lowest BCUT2D eigenvalue weighted by molar-refractivity contribution is 0.516. The summed E-state index contributed by atoms with van der Waals surface area (Å²) in [7, 11) is 6.17. The van der Waals surface area contributed by atoms with Gasteiger partial charge in [-0.1, -0.05) is 18.2 Å². The number of nitrogens with one attached hydrogen (secondary N) is 1. The Hall–Kier alpha value is -2.01. The maximum absolute atomic E-state index is 4.56. The molecule has 130 valence electrons. The third kappa shape index (κ3) is 3.56. The van der Waals surface area contributed by atoms with Crippen molar-refractivity contribution in [1.82, 2.24) is 15.1 Å². The minimum Gasteiger partial charge on any atom is -0.371 e. The number of para-hydroxylation sites is 1. The summed E-state index contributed by atoms with van der Waals surface area (Å²) in [5.41, 5.74) is 3.77. The summed E-state index contributed by atoms with van der Waals surface area (Å²) >= 11 is 0. The Labute approximate surface area is 145 Å². The molecule has 0 amide bonds. The highest BCUT2D eigenvalue weighted by Crippen LogP contribution is 2.24. The summed E-state index contributed by atoms with van der Waals surface area (Å²) in [6.45, 7) is 6.34. The normalized spacial score (nSPS) is 17.5. The monoisotopic (exact) mass is 327 g/mol. The molecule has 0 unspecified atom stereocenters. The van der Waals surface area contributed by atoms with Crippen molar-refractivity contribution in [3.63, 3.8) is 0 Å². The van der Waals surface area contributed by atoms with Crippen LogP contribution >= 0.6 is 0 Å². The molecule has 0 saturated carbocycles. The van der Waals surface area contributed by atoms with Gasteiger partial charge in [-0.2, -0.15) is 5.10 Å². The highest BCUT2D eigenvalue weighted by Gasteiger charge is 2.22. The molecular formula is C19H29N5. The molecule has 1 aliphatic heterocycles. The fourth-order valence-corrected chi connectivity index (χ4v) is 3.73. The van der Waals surface area contributed by atoms with E-state index >= 15 is 0 Å². The van der Waals surface area contributed by atoms with E-state index in [1.54, 1.807) is 0 Å². The average molecular weight is 327 g/mol. The van der Waals surface area contributed by atoms with Crippen LogP contribution in [0.15, 0.2) is 30.3 Å². The number of rotatable bonds is 6. The Balaban J connectivity index is 1.53. The zero-order chi connectivity index (χ0) is 17.1. The van der Waals surface area contributed by atoms with Gasteiger partial charge >= 0.3 is 0 Å². The van der Waals surface area contributed by atoms with Gasteiger partial charge in [-0.3, -0.25) is 4.68 Å². The average Bonchev–Trinajstić information content (AvgIpc) is 3.13. The van der Waals surface area contributed by atoms with Gasteiger partial charge in [0.25, 0.3) is 0 Å². The van der Waals surface area contributed by atoms with Crippen LogP contribution < -0.4 is 15.1 Å². The summed E-state index contributed by atoms with van der Waals surface area (Å²) in [4.78, 5) is 4.64. The zero-order valence-electron chi connectivity index (χ0n) is 15.3. The van der Waals surface area contributed by atoms with E-state index in [9.17, 15) is 0 Å². The molecule has 1 fully saturated rings. The summed E-state index contributed by atoms with van der Waals surface area (Å²) in [6, 6.07) is 10.7. The molecule has 0 radical (unpaired) electrons. The van der Waals surface area contributed by atoms with Crippen LogP contribution in [0.25, 0.3) is 0 Å². The fraction of sp³-hybridized carbons (Fsp3) is 0.526. The maximum Gasteiger partial charge on any atom is 0.130 e. The SMILES string of the molecule is Cc1nn(C)c(N(C)C)c1CNC[C@@H]1CCN(c2ccccc2)C1. The van der Waals surface area contributed by atoms with Crippen LogP contribution in [0.1, 0.15) is 17.7 Å². The first-order valence-electron chi connectivity index (χ1n) is 8.76. The Morgan fingerprint density at radius 2 is 2.00 bits per heavy atom. The Bertz CT molecular complexity index is 662. The van der Waals surface area contributed by atoms with Crippen LogP contribution in [0.3, 0.4) is 0 Å². The second-order valence-corrected chi connectivity index (χ2v) is 6.97.